The summed E-state index contributed by atoms with van der Waals surface area (Å²) in [4.78, 5) is 6.04. The molecule has 0 N–H and O–H groups in total. The molecule has 0 radical (unpaired) electrons. The molecule has 1 atom stereocenters. The van der Waals surface area contributed by atoms with Gasteiger partial charge < -0.3 is 9.47 Å². The van der Waals surface area contributed by atoms with Gasteiger partial charge in [-0.2, -0.15) is 0 Å². The zero-order valence-corrected chi connectivity index (χ0v) is 20.0. The minimum atomic E-state index is 0.437. The second kappa shape index (κ2) is 10.8. The number of benzene rings is 2. The van der Waals surface area contributed by atoms with Crippen LogP contribution in [0.1, 0.15) is 33.6 Å². The summed E-state index contributed by atoms with van der Waals surface area (Å²) in [7, 11) is 3.40. The number of nitrogens with zero attached hydrogens (tertiary/aromatic N) is 2. The van der Waals surface area contributed by atoms with Gasteiger partial charge in [-0.25, -0.2) is 9.29 Å². The molecular weight excluding hydrogens is 412 g/mol. The Balaban J connectivity index is 1.70. The third kappa shape index (κ3) is 6.49. The fourth-order valence-corrected chi connectivity index (χ4v) is 5.52. The van der Waals surface area contributed by atoms with Gasteiger partial charge in [0.1, 0.15) is 11.5 Å². The third-order valence-corrected chi connectivity index (χ3v) is 7.08. The molecule has 0 aliphatic rings. The summed E-state index contributed by atoms with van der Waals surface area (Å²) in [5.74, 6) is 1.77. The molecule has 1 heterocycles. The maximum absolute atomic E-state index is 5.30. The predicted molar refractivity (Wildman–Crippen MR) is 128 cm³/mol. The molecule has 160 valence electrons. The predicted octanol–water partition coefficient (Wildman–Crippen LogP) is 6.06. The fourth-order valence-electron chi connectivity index (χ4n) is 3.16. The Hall–Kier alpha value is -2.02. The van der Waals surface area contributed by atoms with E-state index < -0.39 is 0 Å². The van der Waals surface area contributed by atoms with E-state index in [1.54, 1.807) is 14.2 Å². The average Bonchev–Trinajstić information content (AvgIpc) is 3.05. The third-order valence-electron chi connectivity index (χ3n) is 4.90. The Morgan fingerprint density at radius 1 is 0.900 bits per heavy atom. The molecule has 0 amide bonds. The van der Waals surface area contributed by atoms with Crippen LogP contribution in [0, 0.1) is 13.8 Å². The molecule has 30 heavy (non-hydrogen) atoms. The smallest absolute Gasteiger partial charge is 0.118 e. The van der Waals surface area contributed by atoms with Crippen LogP contribution in [0.3, 0.4) is 0 Å². The van der Waals surface area contributed by atoms with Gasteiger partial charge in [-0.05, 0) is 49.2 Å². The molecule has 6 heteroatoms. The standard InChI is InChI=1S/C24H30N2O2S2/c1-17(14-24-25-18(2)19(3)29-24)30-26(15-20-6-10-22(27-4)11-7-20)16-21-8-12-23(28-5)13-9-21/h6-13,17H,14-16H2,1-5H3. The quantitative estimate of drug-likeness (QED) is 0.357. The Morgan fingerprint density at radius 2 is 1.40 bits per heavy atom. The van der Waals surface area contributed by atoms with Crippen molar-refractivity contribution in [2.75, 3.05) is 14.2 Å². The van der Waals surface area contributed by atoms with E-state index in [9.17, 15) is 0 Å². The number of aromatic nitrogens is 1. The van der Waals surface area contributed by atoms with Gasteiger partial charge in [-0.15, -0.1) is 11.3 Å². The van der Waals surface area contributed by atoms with Crippen LogP contribution in [0.5, 0.6) is 11.5 Å². The highest BCUT2D eigenvalue weighted by Crippen LogP contribution is 2.28. The van der Waals surface area contributed by atoms with E-state index in [0.29, 0.717) is 5.25 Å². The molecule has 4 nitrogen and oxygen atoms in total. The molecule has 0 fully saturated rings. The van der Waals surface area contributed by atoms with Crippen LogP contribution in [-0.2, 0) is 19.5 Å². The lowest BCUT2D eigenvalue weighted by atomic mass is 10.2. The van der Waals surface area contributed by atoms with Gasteiger partial charge in [0.15, 0.2) is 0 Å². The van der Waals surface area contributed by atoms with Gasteiger partial charge in [-0.3, -0.25) is 0 Å². The maximum Gasteiger partial charge on any atom is 0.118 e. The summed E-state index contributed by atoms with van der Waals surface area (Å²) in [6, 6.07) is 16.6. The van der Waals surface area contributed by atoms with Crippen molar-refractivity contribution in [1.29, 1.82) is 0 Å². The summed E-state index contributed by atoms with van der Waals surface area (Å²) in [6.07, 6.45) is 0.978. The molecule has 1 unspecified atom stereocenters. The number of hydrogen-bond acceptors (Lipinski definition) is 6. The molecule has 2 aromatic carbocycles. The van der Waals surface area contributed by atoms with Crippen LogP contribution in [0.15, 0.2) is 48.5 Å². The fraction of sp³-hybridized carbons (Fsp3) is 0.375. The first kappa shape index (κ1) is 22.7. The molecule has 1 aromatic heterocycles. The van der Waals surface area contributed by atoms with Gasteiger partial charge in [0.05, 0.1) is 24.9 Å². The number of aryl methyl sites for hydroxylation is 2. The normalized spacial score (nSPS) is 12.2. The first-order valence-corrected chi connectivity index (χ1v) is 11.7. The van der Waals surface area contributed by atoms with Crippen molar-refractivity contribution < 1.29 is 9.47 Å². The highest BCUT2D eigenvalue weighted by molar-refractivity contribution is 7.97. The zero-order valence-electron chi connectivity index (χ0n) is 18.3. The summed E-state index contributed by atoms with van der Waals surface area (Å²) in [5, 5.41) is 1.66. The number of ether oxygens (including phenoxy) is 2. The monoisotopic (exact) mass is 442 g/mol. The molecule has 0 saturated carbocycles. The summed E-state index contributed by atoms with van der Waals surface area (Å²) in [5.41, 5.74) is 3.69. The van der Waals surface area contributed by atoms with E-state index in [1.165, 1.54) is 21.0 Å². The van der Waals surface area contributed by atoms with E-state index >= 15 is 0 Å². The zero-order chi connectivity index (χ0) is 21.5. The van der Waals surface area contributed by atoms with Crippen molar-refractivity contribution in [2.45, 2.75) is 45.5 Å². The molecule has 3 aromatic rings. The highest BCUT2D eigenvalue weighted by atomic mass is 32.2. The molecule has 0 aliphatic heterocycles. The van der Waals surface area contributed by atoms with Crippen LogP contribution in [0.4, 0.5) is 0 Å². The van der Waals surface area contributed by atoms with Crippen LogP contribution < -0.4 is 9.47 Å². The average molecular weight is 443 g/mol. The van der Waals surface area contributed by atoms with Gasteiger partial charge in [0.25, 0.3) is 0 Å². The van der Waals surface area contributed by atoms with Crippen molar-refractivity contribution >= 4 is 23.3 Å². The van der Waals surface area contributed by atoms with Gasteiger partial charge in [0, 0.05) is 29.6 Å². The Kier molecular flexibility index (Phi) is 8.19. The van der Waals surface area contributed by atoms with E-state index in [-0.39, 0.29) is 0 Å². The molecule has 0 bridgehead atoms. The lowest BCUT2D eigenvalue weighted by Gasteiger charge is -2.25. The topological polar surface area (TPSA) is 34.6 Å². The van der Waals surface area contributed by atoms with Crippen molar-refractivity contribution in [1.82, 2.24) is 9.29 Å². The first-order valence-electron chi connectivity index (χ1n) is 10.1. The Labute approximate surface area is 188 Å². The van der Waals surface area contributed by atoms with Crippen molar-refractivity contribution in [3.05, 3.63) is 75.2 Å². The second-order valence-electron chi connectivity index (χ2n) is 7.36. The maximum atomic E-state index is 5.30. The summed E-state index contributed by atoms with van der Waals surface area (Å²) in [6.45, 7) is 8.24. The number of thiazole rings is 1. The number of rotatable bonds is 10. The largest absolute Gasteiger partial charge is 0.497 e. The van der Waals surface area contributed by atoms with Crippen molar-refractivity contribution in [3.8, 4) is 11.5 Å². The SMILES string of the molecule is COc1ccc(CN(Cc2ccc(OC)cc2)SC(C)Cc2nc(C)c(C)s2)cc1. The molecule has 0 saturated heterocycles. The second-order valence-corrected chi connectivity index (χ2v) is 10.2. The van der Waals surface area contributed by atoms with Crippen LogP contribution in [0.25, 0.3) is 0 Å². The number of hydrogen-bond donors (Lipinski definition) is 0. The summed E-state index contributed by atoms with van der Waals surface area (Å²) < 4.78 is 13.0. The van der Waals surface area contributed by atoms with Gasteiger partial charge in [0.2, 0.25) is 0 Å². The van der Waals surface area contributed by atoms with E-state index in [1.807, 2.05) is 47.6 Å². The first-order chi connectivity index (χ1) is 14.5. The molecule has 0 aliphatic carbocycles. The van der Waals surface area contributed by atoms with E-state index in [4.69, 9.17) is 14.5 Å². The number of methoxy groups -OCH3 is 2. The Morgan fingerprint density at radius 3 is 1.80 bits per heavy atom. The van der Waals surface area contributed by atoms with Crippen molar-refractivity contribution in [2.24, 2.45) is 0 Å². The summed E-state index contributed by atoms with van der Waals surface area (Å²) >= 11 is 3.72. The molecule has 3 rings (SSSR count). The van der Waals surface area contributed by atoms with Gasteiger partial charge >= 0.3 is 0 Å². The molecular formula is C24H30N2O2S2. The lowest BCUT2D eigenvalue weighted by Crippen LogP contribution is -2.19. The van der Waals surface area contributed by atoms with Gasteiger partial charge in [-0.1, -0.05) is 43.1 Å². The van der Waals surface area contributed by atoms with Crippen LogP contribution >= 0.6 is 23.3 Å². The molecule has 0 spiro atoms. The minimum Gasteiger partial charge on any atom is -0.497 e. The van der Waals surface area contributed by atoms with E-state index in [0.717, 1.165) is 36.7 Å². The highest BCUT2D eigenvalue weighted by Gasteiger charge is 2.16. The minimum absolute atomic E-state index is 0.437. The van der Waals surface area contributed by atoms with Crippen molar-refractivity contribution in [3.63, 3.8) is 0 Å². The van der Waals surface area contributed by atoms with E-state index in [2.05, 4.69) is 49.3 Å². The van der Waals surface area contributed by atoms with Crippen LogP contribution in [0.2, 0.25) is 0 Å². The Bertz CT molecular complexity index is 854. The van der Waals surface area contributed by atoms with Crippen LogP contribution in [-0.4, -0.2) is 28.8 Å². The lowest BCUT2D eigenvalue weighted by molar-refractivity contribution is 0.413.